The highest BCUT2D eigenvalue weighted by Gasteiger charge is 1.97. The van der Waals surface area contributed by atoms with Crippen LogP contribution in [0.15, 0.2) is 48.5 Å². The SMILES string of the molecule is CCCNc1cccc(NCCc2ccccc2)n1. The Morgan fingerprint density at radius 1 is 0.842 bits per heavy atom. The van der Waals surface area contributed by atoms with Gasteiger partial charge in [-0.3, -0.25) is 0 Å². The summed E-state index contributed by atoms with van der Waals surface area (Å²) in [5.74, 6) is 1.86. The van der Waals surface area contributed by atoms with Crippen LogP contribution in [0, 0.1) is 0 Å². The van der Waals surface area contributed by atoms with Crippen molar-refractivity contribution in [2.75, 3.05) is 23.7 Å². The van der Waals surface area contributed by atoms with Crippen LogP contribution in [0.5, 0.6) is 0 Å². The first-order valence-electron chi connectivity index (χ1n) is 6.87. The minimum atomic E-state index is 0.897. The Hall–Kier alpha value is -2.03. The zero-order valence-electron chi connectivity index (χ0n) is 11.4. The van der Waals surface area contributed by atoms with E-state index in [1.165, 1.54) is 5.56 Å². The van der Waals surface area contributed by atoms with Crippen LogP contribution in [0.1, 0.15) is 18.9 Å². The molecule has 0 radical (unpaired) electrons. The van der Waals surface area contributed by atoms with E-state index >= 15 is 0 Å². The van der Waals surface area contributed by atoms with E-state index in [2.05, 4.69) is 46.8 Å². The number of rotatable bonds is 7. The Morgan fingerprint density at radius 3 is 2.21 bits per heavy atom. The number of hydrogen-bond acceptors (Lipinski definition) is 3. The fourth-order valence-corrected chi connectivity index (χ4v) is 1.86. The van der Waals surface area contributed by atoms with Crippen LogP contribution in [-0.4, -0.2) is 18.1 Å². The van der Waals surface area contributed by atoms with E-state index in [1.54, 1.807) is 0 Å². The first-order valence-corrected chi connectivity index (χ1v) is 6.87. The summed E-state index contributed by atoms with van der Waals surface area (Å²) in [6.07, 6.45) is 2.11. The highest BCUT2D eigenvalue weighted by Crippen LogP contribution is 2.09. The summed E-state index contributed by atoms with van der Waals surface area (Å²) in [6.45, 7) is 4.00. The predicted molar refractivity (Wildman–Crippen MR) is 81.7 cm³/mol. The molecule has 0 bridgehead atoms. The van der Waals surface area contributed by atoms with Crippen molar-refractivity contribution in [1.29, 1.82) is 0 Å². The van der Waals surface area contributed by atoms with Gasteiger partial charge in [0.05, 0.1) is 0 Å². The molecule has 2 N–H and O–H groups in total. The monoisotopic (exact) mass is 255 g/mol. The van der Waals surface area contributed by atoms with Crippen molar-refractivity contribution in [3.8, 4) is 0 Å². The molecule has 0 aliphatic rings. The molecule has 3 heteroatoms. The first-order chi connectivity index (χ1) is 9.38. The Bertz CT molecular complexity index is 482. The van der Waals surface area contributed by atoms with Crippen LogP contribution in [0.3, 0.4) is 0 Å². The van der Waals surface area contributed by atoms with Crippen molar-refractivity contribution in [2.45, 2.75) is 19.8 Å². The zero-order valence-corrected chi connectivity index (χ0v) is 11.4. The number of pyridine rings is 1. The van der Waals surface area contributed by atoms with Crippen LogP contribution in [0.2, 0.25) is 0 Å². The fourth-order valence-electron chi connectivity index (χ4n) is 1.86. The number of nitrogens with zero attached hydrogens (tertiary/aromatic N) is 1. The Morgan fingerprint density at radius 2 is 1.53 bits per heavy atom. The molecule has 1 aromatic carbocycles. The molecular formula is C16H21N3. The van der Waals surface area contributed by atoms with Crippen molar-refractivity contribution in [3.05, 3.63) is 54.1 Å². The molecular weight excluding hydrogens is 234 g/mol. The highest BCUT2D eigenvalue weighted by molar-refractivity contribution is 5.45. The number of nitrogens with one attached hydrogen (secondary N) is 2. The van der Waals surface area contributed by atoms with Gasteiger partial charge in [0.2, 0.25) is 0 Å². The van der Waals surface area contributed by atoms with E-state index in [9.17, 15) is 0 Å². The third-order valence-corrected chi connectivity index (χ3v) is 2.87. The van der Waals surface area contributed by atoms with Gasteiger partial charge in [0.1, 0.15) is 11.6 Å². The van der Waals surface area contributed by atoms with E-state index in [1.807, 2.05) is 24.3 Å². The molecule has 0 atom stereocenters. The standard InChI is InChI=1S/C16H21N3/c1-2-12-17-15-9-6-10-16(19-15)18-13-11-14-7-4-3-5-8-14/h3-10H,2,11-13H2,1H3,(H2,17,18,19). The van der Waals surface area contributed by atoms with Crippen molar-refractivity contribution < 1.29 is 0 Å². The molecule has 0 aliphatic carbocycles. The van der Waals surface area contributed by atoms with E-state index in [0.717, 1.165) is 37.6 Å². The molecule has 0 amide bonds. The Kier molecular flexibility index (Phi) is 5.23. The summed E-state index contributed by atoms with van der Waals surface area (Å²) >= 11 is 0. The van der Waals surface area contributed by atoms with Crippen molar-refractivity contribution in [2.24, 2.45) is 0 Å². The molecule has 0 unspecified atom stereocenters. The van der Waals surface area contributed by atoms with Crippen LogP contribution >= 0.6 is 0 Å². The van der Waals surface area contributed by atoms with Gasteiger partial charge < -0.3 is 10.6 Å². The van der Waals surface area contributed by atoms with Gasteiger partial charge in [0.25, 0.3) is 0 Å². The lowest BCUT2D eigenvalue weighted by Crippen LogP contribution is -2.08. The quantitative estimate of drug-likeness (QED) is 0.794. The lowest BCUT2D eigenvalue weighted by Gasteiger charge is -2.08. The predicted octanol–water partition coefficient (Wildman–Crippen LogP) is 3.56. The maximum absolute atomic E-state index is 4.52. The summed E-state index contributed by atoms with van der Waals surface area (Å²) < 4.78 is 0. The average molecular weight is 255 g/mol. The summed E-state index contributed by atoms with van der Waals surface area (Å²) in [6, 6.07) is 16.5. The summed E-state index contributed by atoms with van der Waals surface area (Å²) in [5.41, 5.74) is 1.34. The Balaban J connectivity index is 1.82. The van der Waals surface area contributed by atoms with E-state index in [0.29, 0.717) is 0 Å². The molecule has 1 aromatic heterocycles. The molecule has 19 heavy (non-hydrogen) atoms. The van der Waals surface area contributed by atoms with E-state index in [4.69, 9.17) is 0 Å². The summed E-state index contributed by atoms with van der Waals surface area (Å²) in [7, 11) is 0. The fraction of sp³-hybridized carbons (Fsp3) is 0.312. The molecule has 2 aromatic rings. The molecule has 0 fully saturated rings. The summed E-state index contributed by atoms with van der Waals surface area (Å²) in [4.78, 5) is 4.52. The van der Waals surface area contributed by atoms with Crippen LogP contribution in [0.25, 0.3) is 0 Å². The van der Waals surface area contributed by atoms with Gasteiger partial charge in [-0.1, -0.05) is 43.3 Å². The van der Waals surface area contributed by atoms with Crippen LogP contribution < -0.4 is 10.6 Å². The Labute approximate surface area is 115 Å². The van der Waals surface area contributed by atoms with Crippen molar-refractivity contribution in [3.63, 3.8) is 0 Å². The minimum absolute atomic E-state index is 0.897. The average Bonchev–Trinajstić information content (AvgIpc) is 2.47. The van der Waals surface area contributed by atoms with Crippen molar-refractivity contribution >= 4 is 11.6 Å². The zero-order chi connectivity index (χ0) is 13.3. The van der Waals surface area contributed by atoms with Gasteiger partial charge in [0, 0.05) is 13.1 Å². The smallest absolute Gasteiger partial charge is 0.128 e. The van der Waals surface area contributed by atoms with Gasteiger partial charge in [-0.25, -0.2) is 4.98 Å². The molecule has 2 rings (SSSR count). The van der Waals surface area contributed by atoms with Gasteiger partial charge in [-0.2, -0.15) is 0 Å². The van der Waals surface area contributed by atoms with E-state index in [-0.39, 0.29) is 0 Å². The normalized spacial score (nSPS) is 10.2. The second kappa shape index (κ2) is 7.41. The molecule has 100 valence electrons. The highest BCUT2D eigenvalue weighted by atomic mass is 15.1. The van der Waals surface area contributed by atoms with Crippen LogP contribution in [0.4, 0.5) is 11.6 Å². The van der Waals surface area contributed by atoms with Gasteiger partial charge in [-0.05, 0) is 30.5 Å². The molecule has 0 saturated carbocycles. The second-order valence-corrected chi connectivity index (χ2v) is 4.50. The molecule has 0 aliphatic heterocycles. The van der Waals surface area contributed by atoms with Crippen LogP contribution in [-0.2, 0) is 6.42 Å². The summed E-state index contributed by atoms with van der Waals surface area (Å²) in [5, 5.41) is 6.65. The number of benzene rings is 1. The van der Waals surface area contributed by atoms with Gasteiger partial charge >= 0.3 is 0 Å². The number of hydrogen-bond donors (Lipinski definition) is 2. The molecule has 3 nitrogen and oxygen atoms in total. The first kappa shape index (κ1) is 13.4. The third-order valence-electron chi connectivity index (χ3n) is 2.87. The lowest BCUT2D eigenvalue weighted by molar-refractivity contribution is 0.965. The lowest BCUT2D eigenvalue weighted by atomic mass is 10.1. The van der Waals surface area contributed by atoms with Gasteiger partial charge in [-0.15, -0.1) is 0 Å². The second-order valence-electron chi connectivity index (χ2n) is 4.50. The number of anilines is 2. The molecule has 1 heterocycles. The minimum Gasteiger partial charge on any atom is -0.370 e. The van der Waals surface area contributed by atoms with Crippen molar-refractivity contribution in [1.82, 2.24) is 4.98 Å². The topological polar surface area (TPSA) is 37.0 Å². The van der Waals surface area contributed by atoms with E-state index < -0.39 is 0 Å². The van der Waals surface area contributed by atoms with Gasteiger partial charge in [0.15, 0.2) is 0 Å². The maximum Gasteiger partial charge on any atom is 0.128 e. The molecule has 0 spiro atoms. The maximum atomic E-state index is 4.52. The molecule has 0 saturated heterocycles. The largest absolute Gasteiger partial charge is 0.370 e. The third kappa shape index (κ3) is 4.62. The number of aromatic nitrogens is 1.